The average molecular weight is 615 g/mol. The molecule has 0 spiro atoms. The highest BCUT2D eigenvalue weighted by atomic mass is 16.5. The number of ether oxygens (including phenoxy) is 1. The van der Waals surface area contributed by atoms with Gasteiger partial charge in [-0.25, -0.2) is 4.79 Å². The van der Waals surface area contributed by atoms with E-state index < -0.39 is 11.7 Å². The van der Waals surface area contributed by atoms with Gasteiger partial charge in [0.05, 0.1) is 12.1 Å². The number of amides is 3. The van der Waals surface area contributed by atoms with Gasteiger partial charge in [0.2, 0.25) is 5.91 Å². The van der Waals surface area contributed by atoms with E-state index in [1.807, 2.05) is 30.5 Å². The van der Waals surface area contributed by atoms with Gasteiger partial charge in [-0.05, 0) is 62.8 Å². The standard InChI is InChI=1S/C34H42N6O5/c1-34(2,32(42)37-15-17-38(18-16-37)33(43)44)45-30-7-3-6-29(19-30)39-14-4-5-26(23-39)31(41)40(28-12-13-28)22-24-8-10-25(11-9-24)27-20-35-36-21-27/h3,6-11,19-21,26,28H,4-5,12-18,22-23H2,1-2H3,(H,35,36)(H,43,44)/t26-/m1/s1. The molecule has 3 heterocycles. The number of anilines is 1. The number of aromatic amines is 1. The van der Waals surface area contributed by atoms with Gasteiger partial charge in [0, 0.05) is 75.4 Å². The van der Waals surface area contributed by atoms with Crippen molar-refractivity contribution in [2.24, 2.45) is 5.92 Å². The van der Waals surface area contributed by atoms with E-state index in [2.05, 4.69) is 44.3 Å². The van der Waals surface area contributed by atoms with Crippen LogP contribution in [0.4, 0.5) is 10.5 Å². The van der Waals surface area contributed by atoms with Crippen molar-refractivity contribution in [3.63, 3.8) is 0 Å². The summed E-state index contributed by atoms with van der Waals surface area (Å²) in [4.78, 5) is 45.8. The quantitative estimate of drug-likeness (QED) is 0.365. The first kappa shape index (κ1) is 30.5. The van der Waals surface area contributed by atoms with E-state index >= 15 is 0 Å². The van der Waals surface area contributed by atoms with E-state index in [9.17, 15) is 19.5 Å². The van der Waals surface area contributed by atoms with Crippen molar-refractivity contribution in [3.05, 3.63) is 66.5 Å². The molecule has 45 heavy (non-hydrogen) atoms. The normalized spacial score (nSPS) is 18.9. The number of benzene rings is 2. The van der Waals surface area contributed by atoms with Crippen LogP contribution in [-0.2, 0) is 16.1 Å². The molecule has 2 N–H and O–H groups in total. The third-order valence-corrected chi connectivity index (χ3v) is 9.09. The van der Waals surface area contributed by atoms with Gasteiger partial charge in [0.25, 0.3) is 5.91 Å². The van der Waals surface area contributed by atoms with Gasteiger partial charge in [-0.2, -0.15) is 5.10 Å². The van der Waals surface area contributed by atoms with Crippen LogP contribution in [0.2, 0.25) is 0 Å². The SMILES string of the molecule is CC(C)(Oc1cccc(N2CCC[C@@H](C(=O)N(Cc3ccc(-c4cn[nH]c4)cc3)C3CC3)C2)c1)C(=O)N1CCN(C(=O)O)CC1. The van der Waals surface area contributed by atoms with Crippen LogP contribution >= 0.6 is 0 Å². The van der Waals surface area contributed by atoms with Gasteiger partial charge >= 0.3 is 6.09 Å². The van der Waals surface area contributed by atoms with Crippen molar-refractivity contribution < 1.29 is 24.2 Å². The summed E-state index contributed by atoms with van der Waals surface area (Å²) in [6, 6.07) is 16.4. The fourth-order valence-electron chi connectivity index (χ4n) is 6.39. The lowest BCUT2D eigenvalue weighted by Crippen LogP contribution is -2.56. The Balaban J connectivity index is 1.08. The van der Waals surface area contributed by atoms with E-state index in [1.54, 1.807) is 24.9 Å². The zero-order valence-electron chi connectivity index (χ0n) is 26.0. The van der Waals surface area contributed by atoms with E-state index in [4.69, 9.17) is 4.74 Å². The second-order valence-corrected chi connectivity index (χ2v) is 12.8. The molecule has 1 aliphatic carbocycles. The number of carbonyl (C=O) groups excluding carboxylic acids is 2. The Morgan fingerprint density at radius 3 is 2.38 bits per heavy atom. The molecule has 0 radical (unpaired) electrons. The predicted octanol–water partition coefficient (Wildman–Crippen LogP) is 4.46. The summed E-state index contributed by atoms with van der Waals surface area (Å²) in [6.45, 7) is 6.87. The molecule has 3 aliphatic rings. The topological polar surface area (TPSA) is 122 Å². The molecule has 1 aromatic heterocycles. The number of rotatable bonds is 9. The smallest absolute Gasteiger partial charge is 0.407 e. The van der Waals surface area contributed by atoms with Crippen LogP contribution in [0.3, 0.4) is 0 Å². The van der Waals surface area contributed by atoms with Crippen LogP contribution in [0.25, 0.3) is 11.1 Å². The molecule has 2 aromatic carbocycles. The highest BCUT2D eigenvalue weighted by Crippen LogP contribution is 2.34. The highest BCUT2D eigenvalue weighted by molar-refractivity contribution is 5.85. The van der Waals surface area contributed by atoms with Crippen LogP contribution in [-0.4, -0.2) is 98.8 Å². The van der Waals surface area contributed by atoms with Gasteiger partial charge in [-0.3, -0.25) is 14.7 Å². The largest absolute Gasteiger partial charge is 0.478 e. The van der Waals surface area contributed by atoms with E-state index in [1.165, 1.54) is 4.90 Å². The summed E-state index contributed by atoms with van der Waals surface area (Å²) >= 11 is 0. The lowest BCUT2D eigenvalue weighted by molar-refractivity contribution is -0.147. The summed E-state index contributed by atoms with van der Waals surface area (Å²) in [5.74, 6) is 0.555. The molecule has 11 nitrogen and oxygen atoms in total. The molecule has 0 bridgehead atoms. The summed E-state index contributed by atoms with van der Waals surface area (Å²) in [5, 5.41) is 16.1. The number of aromatic nitrogens is 2. The monoisotopic (exact) mass is 614 g/mol. The van der Waals surface area contributed by atoms with Crippen LogP contribution in [0.15, 0.2) is 60.9 Å². The van der Waals surface area contributed by atoms with Crippen molar-refractivity contribution in [1.82, 2.24) is 24.9 Å². The molecular weight excluding hydrogens is 572 g/mol. The highest BCUT2D eigenvalue weighted by Gasteiger charge is 2.38. The molecule has 3 amide bonds. The Bertz CT molecular complexity index is 1500. The molecule has 238 valence electrons. The molecule has 3 aromatic rings. The third kappa shape index (κ3) is 7.08. The second kappa shape index (κ2) is 12.8. The molecular formula is C34H42N6O5. The number of nitrogens with zero attached hydrogens (tertiary/aromatic N) is 5. The second-order valence-electron chi connectivity index (χ2n) is 12.8. The molecule has 2 saturated heterocycles. The number of H-pyrrole nitrogens is 1. The lowest BCUT2D eigenvalue weighted by Gasteiger charge is -2.38. The summed E-state index contributed by atoms with van der Waals surface area (Å²) in [7, 11) is 0. The molecule has 3 fully saturated rings. The molecule has 2 aliphatic heterocycles. The summed E-state index contributed by atoms with van der Waals surface area (Å²) in [5.41, 5.74) is 3.11. The molecule has 1 atom stereocenters. The zero-order chi connectivity index (χ0) is 31.6. The van der Waals surface area contributed by atoms with E-state index in [0.29, 0.717) is 38.0 Å². The number of carbonyl (C=O) groups is 3. The van der Waals surface area contributed by atoms with Crippen LogP contribution < -0.4 is 9.64 Å². The molecule has 6 rings (SSSR count). The number of nitrogens with one attached hydrogen (secondary N) is 1. The minimum absolute atomic E-state index is 0.0865. The van der Waals surface area contributed by atoms with Crippen molar-refractivity contribution >= 4 is 23.6 Å². The predicted molar refractivity (Wildman–Crippen MR) is 170 cm³/mol. The van der Waals surface area contributed by atoms with Crippen LogP contribution in [0.1, 0.15) is 45.1 Å². The molecule has 1 saturated carbocycles. The molecule has 0 unspecified atom stereocenters. The van der Waals surface area contributed by atoms with Gasteiger partial charge in [-0.15, -0.1) is 0 Å². The fraction of sp³-hybridized carbons (Fsp3) is 0.471. The van der Waals surface area contributed by atoms with Crippen molar-refractivity contribution in [2.75, 3.05) is 44.2 Å². The number of piperidine rings is 1. The first-order valence-corrected chi connectivity index (χ1v) is 15.9. The zero-order valence-corrected chi connectivity index (χ0v) is 26.0. The van der Waals surface area contributed by atoms with Gasteiger partial charge in [-0.1, -0.05) is 30.3 Å². The first-order valence-electron chi connectivity index (χ1n) is 15.9. The number of hydrogen-bond acceptors (Lipinski definition) is 6. The fourth-order valence-corrected chi connectivity index (χ4v) is 6.39. The Morgan fingerprint density at radius 1 is 0.978 bits per heavy atom. The van der Waals surface area contributed by atoms with E-state index in [-0.39, 0.29) is 30.8 Å². The number of carboxylic acid groups (broad SMARTS) is 1. The maximum Gasteiger partial charge on any atom is 0.407 e. The van der Waals surface area contributed by atoms with Crippen molar-refractivity contribution in [3.8, 4) is 16.9 Å². The Morgan fingerprint density at radius 2 is 1.71 bits per heavy atom. The maximum absolute atomic E-state index is 13.9. The Hall–Kier alpha value is -4.54. The third-order valence-electron chi connectivity index (χ3n) is 9.09. The number of hydrogen-bond donors (Lipinski definition) is 2. The average Bonchev–Trinajstić information content (AvgIpc) is 3.75. The van der Waals surface area contributed by atoms with Crippen LogP contribution in [0, 0.1) is 5.92 Å². The summed E-state index contributed by atoms with van der Waals surface area (Å²) < 4.78 is 6.25. The maximum atomic E-state index is 13.9. The van der Waals surface area contributed by atoms with Crippen molar-refractivity contribution in [2.45, 2.75) is 57.7 Å². The first-order chi connectivity index (χ1) is 21.7. The van der Waals surface area contributed by atoms with Crippen molar-refractivity contribution in [1.29, 1.82) is 0 Å². The minimum Gasteiger partial charge on any atom is -0.478 e. The Labute approximate surface area is 263 Å². The van der Waals surface area contributed by atoms with Gasteiger partial charge < -0.3 is 29.4 Å². The molecule has 11 heteroatoms. The van der Waals surface area contributed by atoms with E-state index in [0.717, 1.165) is 54.6 Å². The number of piperazine rings is 1. The van der Waals surface area contributed by atoms with Gasteiger partial charge in [0.15, 0.2) is 5.60 Å². The minimum atomic E-state index is -1.12. The van der Waals surface area contributed by atoms with Gasteiger partial charge in [0.1, 0.15) is 5.75 Å². The lowest BCUT2D eigenvalue weighted by atomic mass is 9.95. The Kier molecular flexibility index (Phi) is 8.69. The van der Waals surface area contributed by atoms with Crippen LogP contribution in [0.5, 0.6) is 5.75 Å². The summed E-state index contributed by atoms with van der Waals surface area (Å²) in [6.07, 6.45) is 6.61.